The number of piperidine rings is 2. The monoisotopic (exact) mass is 404 g/mol. The zero-order valence-corrected chi connectivity index (χ0v) is 17.2. The molecule has 0 aromatic carbocycles. The maximum absolute atomic E-state index is 13.2. The second-order valence-corrected chi connectivity index (χ2v) is 9.19. The molecule has 6 rings (SSSR count). The van der Waals surface area contributed by atoms with Gasteiger partial charge in [0.05, 0.1) is 0 Å². The van der Waals surface area contributed by atoms with E-state index in [1.54, 1.807) is 0 Å². The van der Waals surface area contributed by atoms with E-state index in [4.69, 9.17) is 0 Å². The van der Waals surface area contributed by atoms with Crippen LogP contribution in [0.5, 0.6) is 0 Å². The van der Waals surface area contributed by atoms with Crippen molar-refractivity contribution in [2.45, 2.75) is 44.2 Å². The second kappa shape index (κ2) is 7.32. The molecule has 2 bridgehead atoms. The van der Waals surface area contributed by atoms with E-state index in [0.29, 0.717) is 17.8 Å². The minimum atomic E-state index is 0.231. The third-order valence-corrected chi connectivity index (χ3v) is 7.27. The zero-order chi connectivity index (χ0) is 20.1. The van der Waals surface area contributed by atoms with Crippen LogP contribution in [0.25, 0.3) is 5.65 Å². The van der Waals surface area contributed by atoms with Crippen molar-refractivity contribution in [2.75, 3.05) is 26.2 Å². The van der Waals surface area contributed by atoms with E-state index in [2.05, 4.69) is 47.7 Å². The Labute approximate surface area is 175 Å². The highest BCUT2D eigenvalue weighted by Crippen LogP contribution is 2.32. The smallest absolute Gasteiger partial charge is 0.255 e. The molecule has 0 spiro atoms. The number of aromatic nitrogens is 4. The molecule has 2 fully saturated rings. The van der Waals surface area contributed by atoms with E-state index in [0.717, 1.165) is 69.1 Å². The summed E-state index contributed by atoms with van der Waals surface area (Å²) in [5.41, 5.74) is 3.31. The summed E-state index contributed by atoms with van der Waals surface area (Å²) >= 11 is 0. The molecule has 0 amide bonds. The first-order chi connectivity index (χ1) is 14.8. The van der Waals surface area contributed by atoms with Gasteiger partial charge in [-0.1, -0.05) is 12.1 Å². The summed E-state index contributed by atoms with van der Waals surface area (Å²) in [4.78, 5) is 15.6. The SMILES string of the molecule is O=c1c(CN2CCC(c3nnc4ccccn34)CC2)ccc2n1C[C@@H]1CNC[C@H]2C1. The maximum atomic E-state index is 13.2. The molecule has 3 aliphatic heterocycles. The van der Waals surface area contributed by atoms with Crippen molar-refractivity contribution in [1.29, 1.82) is 0 Å². The van der Waals surface area contributed by atoms with E-state index in [1.807, 2.05) is 18.2 Å². The molecule has 7 heteroatoms. The Kier molecular flexibility index (Phi) is 4.46. The van der Waals surface area contributed by atoms with Gasteiger partial charge in [-0.2, -0.15) is 0 Å². The van der Waals surface area contributed by atoms with Gasteiger partial charge in [-0.15, -0.1) is 10.2 Å². The van der Waals surface area contributed by atoms with Gasteiger partial charge in [-0.3, -0.25) is 14.1 Å². The Hall–Kier alpha value is -2.51. The summed E-state index contributed by atoms with van der Waals surface area (Å²) in [7, 11) is 0. The molecule has 156 valence electrons. The molecule has 2 saturated heterocycles. The van der Waals surface area contributed by atoms with Crippen LogP contribution in [0, 0.1) is 5.92 Å². The molecular weight excluding hydrogens is 376 g/mol. The topological polar surface area (TPSA) is 67.5 Å². The molecule has 0 unspecified atom stereocenters. The fourth-order valence-corrected chi connectivity index (χ4v) is 5.68. The first-order valence-electron chi connectivity index (χ1n) is 11.2. The maximum Gasteiger partial charge on any atom is 0.255 e. The lowest BCUT2D eigenvalue weighted by atomic mass is 9.84. The van der Waals surface area contributed by atoms with Crippen LogP contribution in [0.2, 0.25) is 0 Å². The molecule has 3 aromatic rings. The third kappa shape index (κ3) is 3.08. The highest BCUT2D eigenvalue weighted by atomic mass is 16.1. The van der Waals surface area contributed by atoms with E-state index in [-0.39, 0.29) is 5.56 Å². The minimum Gasteiger partial charge on any atom is -0.316 e. The summed E-state index contributed by atoms with van der Waals surface area (Å²) < 4.78 is 4.19. The molecule has 0 saturated carbocycles. The van der Waals surface area contributed by atoms with E-state index in [1.165, 1.54) is 12.1 Å². The lowest BCUT2D eigenvalue weighted by Crippen LogP contribution is -2.45. The Morgan fingerprint density at radius 2 is 1.93 bits per heavy atom. The van der Waals surface area contributed by atoms with Gasteiger partial charge in [0.1, 0.15) is 5.82 Å². The number of fused-ring (bicyclic) bond motifs is 5. The van der Waals surface area contributed by atoms with Crippen LogP contribution < -0.4 is 10.9 Å². The van der Waals surface area contributed by atoms with Crippen LogP contribution in [0.3, 0.4) is 0 Å². The summed E-state index contributed by atoms with van der Waals surface area (Å²) in [6, 6.07) is 10.3. The Morgan fingerprint density at radius 3 is 2.83 bits per heavy atom. The van der Waals surface area contributed by atoms with Crippen molar-refractivity contribution in [3.63, 3.8) is 0 Å². The highest BCUT2D eigenvalue weighted by Gasteiger charge is 2.31. The number of hydrogen-bond acceptors (Lipinski definition) is 5. The summed E-state index contributed by atoms with van der Waals surface area (Å²) in [6.45, 7) is 5.64. The number of nitrogens with zero attached hydrogens (tertiary/aromatic N) is 5. The van der Waals surface area contributed by atoms with Crippen molar-refractivity contribution < 1.29 is 0 Å². The lowest BCUT2D eigenvalue weighted by molar-refractivity contribution is 0.199. The summed E-state index contributed by atoms with van der Waals surface area (Å²) in [6.07, 6.45) is 5.38. The van der Waals surface area contributed by atoms with Gasteiger partial charge < -0.3 is 9.88 Å². The van der Waals surface area contributed by atoms with E-state index < -0.39 is 0 Å². The quantitative estimate of drug-likeness (QED) is 0.723. The fraction of sp³-hybridized carbons (Fsp3) is 0.522. The number of hydrogen-bond donors (Lipinski definition) is 1. The zero-order valence-electron chi connectivity index (χ0n) is 17.2. The molecule has 30 heavy (non-hydrogen) atoms. The highest BCUT2D eigenvalue weighted by molar-refractivity contribution is 5.37. The van der Waals surface area contributed by atoms with Crippen LogP contribution >= 0.6 is 0 Å². The standard InChI is InChI=1S/C23H28N6O/c30-23-18(4-5-20-19-11-16(12-24-13-19)14-29(20)23)15-27-9-6-17(7-10-27)22-26-25-21-3-1-2-8-28(21)22/h1-5,8,16-17,19,24H,6-7,9-15H2/t16-,19+/m0/s1. The molecule has 0 aliphatic carbocycles. The van der Waals surface area contributed by atoms with Gasteiger partial charge in [-0.05, 0) is 63.0 Å². The van der Waals surface area contributed by atoms with E-state index in [9.17, 15) is 4.79 Å². The second-order valence-electron chi connectivity index (χ2n) is 9.19. The van der Waals surface area contributed by atoms with Gasteiger partial charge >= 0.3 is 0 Å². The normalized spacial score (nSPS) is 24.8. The van der Waals surface area contributed by atoms with Gasteiger partial charge in [0.2, 0.25) is 0 Å². The molecule has 7 nitrogen and oxygen atoms in total. The summed E-state index contributed by atoms with van der Waals surface area (Å²) in [5, 5.41) is 12.3. The molecular formula is C23H28N6O. The fourth-order valence-electron chi connectivity index (χ4n) is 5.68. The largest absolute Gasteiger partial charge is 0.316 e. The Balaban J connectivity index is 1.16. The number of nitrogens with one attached hydrogen (secondary N) is 1. The van der Waals surface area contributed by atoms with Crippen molar-refractivity contribution in [3.8, 4) is 0 Å². The van der Waals surface area contributed by atoms with Crippen LogP contribution in [0.1, 0.15) is 48.2 Å². The van der Waals surface area contributed by atoms with Crippen LogP contribution in [-0.2, 0) is 13.1 Å². The molecule has 3 aliphatic rings. The van der Waals surface area contributed by atoms with Crippen LogP contribution in [0.15, 0.2) is 41.3 Å². The first kappa shape index (κ1) is 18.3. The Bertz CT molecular complexity index is 1130. The molecule has 3 aromatic heterocycles. The van der Waals surface area contributed by atoms with Crippen molar-refractivity contribution in [1.82, 2.24) is 29.4 Å². The molecule has 0 radical (unpaired) electrons. The number of pyridine rings is 2. The van der Waals surface area contributed by atoms with Gasteiger partial charge in [-0.25, -0.2) is 0 Å². The molecule has 2 atom stereocenters. The minimum absolute atomic E-state index is 0.231. The predicted octanol–water partition coefficient (Wildman–Crippen LogP) is 1.98. The third-order valence-electron chi connectivity index (χ3n) is 7.27. The average Bonchev–Trinajstić information content (AvgIpc) is 3.21. The van der Waals surface area contributed by atoms with Gasteiger partial charge in [0.25, 0.3) is 5.56 Å². The van der Waals surface area contributed by atoms with Gasteiger partial charge in [0.15, 0.2) is 5.65 Å². The van der Waals surface area contributed by atoms with Crippen molar-refractivity contribution >= 4 is 5.65 Å². The lowest BCUT2D eigenvalue weighted by Gasteiger charge is -2.38. The van der Waals surface area contributed by atoms with E-state index >= 15 is 0 Å². The summed E-state index contributed by atoms with van der Waals surface area (Å²) in [5.74, 6) is 2.58. The predicted molar refractivity (Wildman–Crippen MR) is 115 cm³/mol. The first-order valence-corrected chi connectivity index (χ1v) is 11.2. The number of rotatable bonds is 3. The number of likely N-dealkylation sites (tertiary alicyclic amines) is 1. The van der Waals surface area contributed by atoms with Crippen molar-refractivity contribution in [3.05, 3.63) is 64.0 Å². The van der Waals surface area contributed by atoms with Crippen molar-refractivity contribution in [2.24, 2.45) is 5.92 Å². The average molecular weight is 405 g/mol. The molecule has 1 N–H and O–H groups in total. The Morgan fingerprint density at radius 1 is 1.03 bits per heavy atom. The van der Waals surface area contributed by atoms with Crippen LogP contribution in [0.4, 0.5) is 0 Å². The van der Waals surface area contributed by atoms with Crippen LogP contribution in [-0.4, -0.2) is 50.2 Å². The van der Waals surface area contributed by atoms with Gasteiger partial charge in [0, 0.05) is 48.9 Å². The molecule has 6 heterocycles.